The third-order valence-corrected chi connectivity index (χ3v) is 3.20. The number of carbonyl (C=O) groups excluding carboxylic acids is 3. The van der Waals surface area contributed by atoms with Crippen LogP contribution in [0.1, 0.15) is 13.3 Å². The van der Waals surface area contributed by atoms with Crippen LogP contribution in [0, 0.1) is 0 Å². The molecule has 0 aromatic carbocycles. The Labute approximate surface area is 111 Å². The average molecular weight is 276 g/mol. The summed E-state index contributed by atoms with van der Waals surface area (Å²) in [5.74, 6) is 5.52. The van der Waals surface area contributed by atoms with Gasteiger partial charge in [-0.15, -0.1) is 11.8 Å². The highest BCUT2D eigenvalue weighted by molar-refractivity contribution is 8.00. The molecule has 0 saturated heterocycles. The van der Waals surface area contributed by atoms with Crippen molar-refractivity contribution in [2.24, 2.45) is 5.84 Å². The zero-order chi connectivity index (χ0) is 14.0. The van der Waals surface area contributed by atoms with Gasteiger partial charge in [0.1, 0.15) is 5.78 Å². The maximum absolute atomic E-state index is 11.4. The van der Waals surface area contributed by atoms with Crippen LogP contribution >= 0.6 is 11.8 Å². The first-order valence-electron chi connectivity index (χ1n) is 5.52. The highest BCUT2D eigenvalue weighted by atomic mass is 32.2. The molecule has 18 heavy (non-hydrogen) atoms. The summed E-state index contributed by atoms with van der Waals surface area (Å²) in [6.07, 6.45) is 0.257. The maximum atomic E-state index is 11.4. The van der Waals surface area contributed by atoms with Crippen LogP contribution in [-0.4, -0.2) is 48.7 Å². The minimum absolute atomic E-state index is 0.0648. The Morgan fingerprint density at radius 3 is 2.44 bits per heavy atom. The Kier molecular flexibility index (Phi) is 9.25. The number of thioether (sulfide) groups is 1. The van der Waals surface area contributed by atoms with E-state index in [0.29, 0.717) is 12.3 Å². The number of nitrogens with two attached hydrogens (primary N) is 1. The Bertz CT molecular complexity index is 299. The van der Waals surface area contributed by atoms with Gasteiger partial charge in [-0.25, -0.2) is 5.43 Å². The molecule has 5 N–H and O–H groups in total. The molecular formula is C10H20N4O3S. The minimum Gasteiger partial charge on any atom is -0.359 e. The Hall–Kier alpha value is -1.12. The van der Waals surface area contributed by atoms with Crippen LogP contribution in [-0.2, 0) is 14.4 Å². The van der Waals surface area contributed by atoms with Crippen molar-refractivity contribution >= 4 is 29.4 Å². The van der Waals surface area contributed by atoms with Gasteiger partial charge in [0.25, 0.3) is 0 Å². The number of hydrazine groups is 1. The molecular weight excluding hydrogens is 256 g/mol. The third kappa shape index (κ3) is 8.04. The van der Waals surface area contributed by atoms with Crippen LogP contribution in [0.2, 0.25) is 0 Å². The van der Waals surface area contributed by atoms with Crippen molar-refractivity contribution in [3.8, 4) is 0 Å². The Morgan fingerprint density at radius 2 is 1.94 bits per heavy atom. The smallest absolute Gasteiger partial charge is 0.230 e. The normalized spacial score (nSPS) is 11.7. The summed E-state index contributed by atoms with van der Waals surface area (Å²) in [6, 6.07) is -0.436. The first-order valence-corrected chi connectivity index (χ1v) is 6.68. The van der Waals surface area contributed by atoms with Crippen LogP contribution in [0.3, 0.4) is 0 Å². The summed E-state index contributed by atoms with van der Waals surface area (Å²) in [4.78, 5) is 33.3. The molecule has 7 nitrogen and oxygen atoms in total. The fourth-order valence-electron chi connectivity index (χ4n) is 1.04. The number of ketones is 1. The molecule has 0 heterocycles. The third-order valence-electron chi connectivity index (χ3n) is 2.16. The van der Waals surface area contributed by atoms with E-state index in [4.69, 9.17) is 5.84 Å². The van der Waals surface area contributed by atoms with E-state index < -0.39 is 6.04 Å². The molecule has 8 heteroatoms. The highest BCUT2D eigenvalue weighted by Gasteiger charge is 2.12. The molecule has 0 fully saturated rings. The van der Waals surface area contributed by atoms with E-state index in [1.54, 1.807) is 7.05 Å². The van der Waals surface area contributed by atoms with Crippen LogP contribution in [0.25, 0.3) is 0 Å². The largest absolute Gasteiger partial charge is 0.359 e. The second-order valence-corrected chi connectivity index (χ2v) is 4.65. The van der Waals surface area contributed by atoms with E-state index in [1.165, 1.54) is 18.7 Å². The van der Waals surface area contributed by atoms with E-state index >= 15 is 0 Å². The summed E-state index contributed by atoms with van der Waals surface area (Å²) in [6.45, 7) is 1.75. The molecule has 0 rings (SSSR count). The molecule has 0 bridgehead atoms. The van der Waals surface area contributed by atoms with Gasteiger partial charge < -0.3 is 10.6 Å². The van der Waals surface area contributed by atoms with E-state index in [0.717, 1.165) is 0 Å². The molecule has 104 valence electrons. The SMILES string of the molecule is CNC(=O)CCNC(=O)CSC[C@H](NN)C(C)=O. The van der Waals surface area contributed by atoms with Gasteiger partial charge >= 0.3 is 0 Å². The fraction of sp³-hybridized carbons (Fsp3) is 0.700. The lowest BCUT2D eigenvalue weighted by atomic mass is 10.2. The number of hydrogen-bond donors (Lipinski definition) is 4. The Morgan fingerprint density at radius 1 is 1.28 bits per heavy atom. The lowest BCUT2D eigenvalue weighted by Gasteiger charge is -2.11. The number of carbonyl (C=O) groups is 3. The fourth-order valence-corrected chi connectivity index (χ4v) is 2.02. The van der Waals surface area contributed by atoms with Crippen molar-refractivity contribution in [3.05, 3.63) is 0 Å². The van der Waals surface area contributed by atoms with Crippen molar-refractivity contribution in [3.63, 3.8) is 0 Å². The molecule has 0 aliphatic rings. The minimum atomic E-state index is -0.436. The van der Waals surface area contributed by atoms with Crippen molar-refractivity contribution in [2.75, 3.05) is 25.1 Å². The second kappa shape index (κ2) is 9.86. The van der Waals surface area contributed by atoms with Crippen LogP contribution in [0.5, 0.6) is 0 Å². The molecule has 0 radical (unpaired) electrons. The first kappa shape index (κ1) is 16.9. The number of nitrogens with one attached hydrogen (secondary N) is 3. The predicted molar refractivity (Wildman–Crippen MR) is 70.8 cm³/mol. The zero-order valence-electron chi connectivity index (χ0n) is 10.6. The quantitative estimate of drug-likeness (QED) is 0.298. The monoisotopic (exact) mass is 276 g/mol. The van der Waals surface area contributed by atoms with Gasteiger partial charge in [-0.1, -0.05) is 0 Å². The number of rotatable bonds is 9. The molecule has 0 saturated carbocycles. The second-order valence-electron chi connectivity index (χ2n) is 3.62. The summed E-state index contributed by atoms with van der Waals surface area (Å²) in [5, 5.41) is 5.07. The molecule has 2 amide bonds. The van der Waals surface area contributed by atoms with E-state index in [-0.39, 0.29) is 29.8 Å². The van der Waals surface area contributed by atoms with Gasteiger partial charge in [0, 0.05) is 25.8 Å². The summed E-state index contributed by atoms with van der Waals surface area (Å²) < 4.78 is 0. The van der Waals surface area contributed by atoms with Gasteiger partial charge in [-0.2, -0.15) is 0 Å². The van der Waals surface area contributed by atoms with Gasteiger partial charge in [-0.05, 0) is 6.92 Å². The lowest BCUT2D eigenvalue weighted by molar-refractivity contribution is -0.121. The topological polar surface area (TPSA) is 113 Å². The lowest BCUT2D eigenvalue weighted by Crippen LogP contribution is -2.42. The number of Topliss-reactive ketones (excluding diaryl/α,β-unsaturated/α-hetero) is 1. The molecule has 0 aromatic rings. The van der Waals surface area contributed by atoms with E-state index in [1.807, 2.05) is 0 Å². The van der Waals surface area contributed by atoms with Gasteiger partial charge in [0.15, 0.2) is 0 Å². The van der Waals surface area contributed by atoms with Gasteiger partial charge in [-0.3, -0.25) is 20.2 Å². The van der Waals surface area contributed by atoms with Crippen molar-refractivity contribution in [1.82, 2.24) is 16.1 Å². The summed E-state index contributed by atoms with van der Waals surface area (Å²) >= 11 is 1.31. The molecule has 0 unspecified atom stereocenters. The molecule has 0 aliphatic heterocycles. The standard InChI is InChI=1S/C10H20N4O3S/c1-7(15)8(14-11)5-18-6-10(17)13-4-3-9(16)12-2/h8,14H,3-6,11H2,1-2H3,(H,12,16)(H,13,17)/t8-/m0/s1. The maximum Gasteiger partial charge on any atom is 0.230 e. The van der Waals surface area contributed by atoms with Crippen LogP contribution < -0.4 is 21.9 Å². The Balaban J connectivity index is 3.64. The zero-order valence-corrected chi connectivity index (χ0v) is 11.4. The number of amides is 2. The van der Waals surface area contributed by atoms with Crippen molar-refractivity contribution in [1.29, 1.82) is 0 Å². The molecule has 0 aliphatic carbocycles. The van der Waals surface area contributed by atoms with Gasteiger partial charge in [0.05, 0.1) is 11.8 Å². The van der Waals surface area contributed by atoms with Crippen LogP contribution in [0.15, 0.2) is 0 Å². The predicted octanol–water partition coefficient (Wildman–Crippen LogP) is -1.61. The van der Waals surface area contributed by atoms with Crippen molar-refractivity contribution < 1.29 is 14.4 Å². The molecule has 0 spiro atoms. The average Bonchev–Trinajstić information content (AvgIpc) is 2.33. The van der Waals surface area contributed by atoms with E-state index in [9.17, 15) is 14.4 Å². The summed E-state index contributed by atoms with van der Waals surface area (Å²) in [7, 11) is 1.54. The van der Waals surface area contributed by atoms with E-state index in [2.05, 4.69) is 16.1 Å². The molecule has 1 atom stereocenters. The summed E-state index contributed by atoms with van der Waals surface area (Å²) in [5.41, 5.74) is 2.39. The number of hydrogen-bond acceptors (Lipinski definition) is 6. The van der Waals surface area contributed by atoms with Gasteiger partial charge in [0.2, 0.25) is 11.8 Å². The highest BCUT2D eigenvalue weighted by Crippen LogP contribution is 2.02. The van der Waals surface area contributed by atoms with Crippen molar-refractivity contribution in [2.45, 2.75) is 19.4 Å². The van der Waals surface area contributed by atoms with Crippen LogP contribution in [0.4, 0.5) is 0 Å². The first-order chi connectivity index (χ1) is 8.51. The molecule has 0 aromatic heterocycles.